The Bertz CT molecular complexity index is 396. The van der Waals surface area contributed by atoms with Gasteiger partial charge in [-0.1, -0.05) is 37.6 Å². The zero-order valence-corrected chi connectivity index (χ0v) is 10.1. The molecule has 0 radical (unpaired) electrons. The van der Waals surface area contributed by atoms with Crippen molar-refractivity contribution in [3.63, 3.8) is 0 Å². The number of nitro groups is 1. The lowest BCUT2D eigenvalue weighted by atomic mass is 10.1. The van der Waals surface area contributed by atoms with E-state index in [0.717, 1.165) is 5.56 Å². The number of hydrogen-bond acceptors (Lipinski definition) is 2. The first-order valence-electron chi connectivity index (χ1n) is 5.09. The number of benzene rings is 1. The summed E-state index contributed by atoms with van der Waals surface area (Å²) in [7, 11) is 0. The molecule has 4 heteroatoms. The van der Waals surface area contributed by atoms with E-state index in [0.29, 0.717) is 11.4 Å². The Morgan fingerprint density at radius 3 is 2.44 bits per heavy atom. The minimum atomic E-state index is -0.325. The van der Waals surface area contributed by atoms with E-state index in [1.54, 1.807) is 30.3 Å². The van der Waals surface area contributed by atoms with Gasteiger partial charge in [-0.25, -0.2) is 0 Å². The maximum Gasteiger partial charge on any atom is 0.247 e. The molecule has 1 aromatic rings. The number of nitrogens with zero attached hydrogens (tertiary/aromatic N) is 1. The van der Waals surface area contributed by atoms with Crippen molar-refractivity contribution in [2.24, 2.45) is 5.92 Å². The van der Waals surface area contributed by atoms with Crippen LogP contribution >= 0.6 is 11.6 Å². The molecule has 0 fully saturated rings. The monoisotopic (exact) mass is 239 g/mol. The first-order chi connectivity index (χ1) is 7.49. The largest absolute Gasteiger partial charge is 0.259 e. The van der Waals surface area contributed by atoms with Crippen molar-refractivity contribution in [2.45, 2.75) is 20.3 Å². The SMILES string of the molecule is CC(C)CC(=Cc1ccc(Cl)cc1)[N+](=O)[O-]. The van der Waals surface area contributed by atoms with Crippen molar-refractivity contribution in [2.75, 3.05) is 0 Å². The highest BCUT2D eigenvalue weighted by Crippen LogP contribution is 2.17. The second-order valence-electron chi connectivity index (χ2n) is 4.04. The third-order valence-electron chi connectivity index (χ3n) is 2.06. The van der Waals surface area contributed by atoms with Crippen LogP contribution in [0.5, 0.6) is 0 Å². The fourth-order valence-corrected chi connectivity index (χ4v) is 1.48. The van der Waals surface area contributed by atoms with Crippen molar-refractivity contribution in [3.05, 3.63) is 50.7 Å². The fraction of sp³-hybridized carbons (Fsp3) is 0.333. The van der Waals surface area contributed by atoms with Gasteiger partial charge in [-0.3, -0.25) is 10.1 Å². The van der Waals surface area contributed by atoms with Crippen molar-refractivity contribution in [3.8, 4) is 0 Å². The average Bonchev–Trinajstić information content (AvgIpc) is 2.19. The standard InChI is InChI=1S/C12H14ClNO2/c1-9(2)7-12(14(15)16)8-10-3-5-11(13)6-4-10/h3-6,8-9H,7H2,1-2H3. The summed E-state index contributed by atoms with van der Waals surface area (Å²) < 4.78 is 0. The molecule has 0 spiro atoms. The molecule has 0 bridgehead atoms. The van der Waals surface area contributed by atoms with E-state index in [1.807, 2.05) is 13.8 Å². The van der Waals surface area contributed by atoms with Gasteiger partial charge in [-0.2, -0.15) is 0 Å². The molecule has 0 aliphatic rings. The molecule has 1 rings (SSSR count). The van der Waals surface area contributed by atoms with E-state index >= 15 is 0 Å². The summed E-state index contributed by atoms with van der Waals surface area (Å²) in [5, 5.41) is 11.4. The highest BCUT2D eigenvalue weighted by Gasteiger charge is 2.12. The van der Waals surface area contributed by atoms with Crippen molar-refractivity contribution < 1.29 is 4.92 Å². The van der Waals surface area contributed by atoms with E-state index in [9.17, 15) is 10.1 Å². The molecular weight excluding hydrogens is 226 g/mol. The molecule has 0 N–H and O–H groups in total. The zero-order chi connectivity index (χ0) is 12.1. The Hall–Kier alpha value is -1.35. The summed E-state index contributed by atoms with van der Waals surface area (Å²) in [5.41, 5.74) is 1.04. The van der Waals surface area contributed by atoms with Gasteiger partial charge in [0.15, 0.2) is 0 Å². The molecule has 86 valence electrons. The quantitative estimate of drug-likeness (QED) is 0.589. The molecule has 0 heterocycles. The van der Waals surface area contributed by atoms with Gasteiger partial charge in [-0.15, -0.1) is 0 Å². The summed E-state index contributed by atoms with van der Waals surface area (Å²) in [5.74, 6) is 0.268. The van der Waals surface area contributed by atoms with E-state index in [2.05, 4.69) is 0 Å². The van der Waals surface area contributed by atoms with Crippen molar-refractivity contribution >= 4 is 17.7 Å². The van der Waals surface area contributed by atoms with Crippen LogP contribution in [-0.4, -0.2) is 4.92 Å². The summed E-state index contributed by atoms with van der Waals surface area (Å²) in [4.78, 5) is 10.5. The van der Waals surface area contributed by atoms with Gasteiger partial charge in [0.1, 0.15) is 0 Å². The second kappa shape index (κ2) is 5.66. The van der Waals surface area contributed by atoms with Gasteiger partial charge in [0.25, 0.3) is 0 Å². The molecule has 0 saturated heterocycles. The molecule has 0 amide bonds. The van der Waals surface area contributed by atoms with Crippen molar-refractivity contribution in [1.82, 2.24) is 0 Å². The number of allylic oxidation sites excluding steroid dienone is 1. The lowest BCUT2D eigenvalue weighted by molar-refractivity contribution is -0.427. The van der Waals surface area contributed by atoms with Crippen molar-refractivity contribution in [1.29, 1.82) is 0 Å². The molecule has 0 aromatic heterocycles. The summed E-state index contributed by atoms with van der Waals surface area (Å²) in [6, 6.07) is 6.99. The molecule has 0 aliphatic heterocycles. The Balaban J connectivity index is 2.93. The molecule has 0 aliphatic carbocycles. The normalized spacial score (nSPS) is 11.9. The van der Waals surface area contributed by atoms with Crippen LogP contribution in [0.3, 0.4) is 0 Å². The Labute approximate surface area is 99.9 Å². The highest BCUT2D eigenvalue weighted by molar-refractivity contribution is 6.30. The predicted molar refractivity (Wildman–Crippen MR) is 65.9 cm³/mol. The van der Waals surface area contributed by atoms with Crippen LogP contribution in [0.25, 0.3) is 6.08 Å². The predicted octanol–water partition coefficient (Wildman–Crippen LogP) is 4.00. The molecular formula is C12H14ClNO2. The lowest BCUT2D eigenvalue weighted by Crippen LogP contribution is -2.02. The third kappa shape index (κ3) is 4.03. The fourth-order valence-electron chi connectivity index (χ4n) is 1.36. The molecule has 1 aromatic carbocycles. The molecule has 0 atom stereocenters. The Kier molecular flexibility index (Phi) is 4.50. The van der Waals surface area contributed by atoms with Gasteiger partial charge in [-0.05, 0) is 23.6 Å². The Morgan fingerprint density at radius 2 is 2.00 bits per heavy atom. The smallest absolute Gasteiger partial charge is 0.247 e. The van der Waals surface area contributed by atoms with Crippen LogP contribution in [0.15, 0.2) is 30.0 Å². The van der Waals surface area contributed by atoms with E-state index in [4.69, 9.17) is 11.6 Å². The van der Waals surface area contributed by atoms with Gasteiger partial charge < -0.3 is 0 Å². The summed E-state index contributed by atoms with van der Waals surface area (Å²) >= 11 is 5.74. The van der Waals surface area contributed by atoms with E-state index in [-0.39, 0.29) is 16.5 Å². The van der Waals surface area contributed by atoms with Crippen LogP contribution in [0.1, 0.15) is 25.8 Å². The molecule has 0 unspecified atom stereocenters. The minimum absolute atomic E-state index is 0.234. The summed E-state index contributed by atoms with van der Waals surface area (Å²) in [6.45, 7) is 3.92. The van der Waals surface area contributed by atoms with Crippen LogP contribution in [0.2, 0.25) is 5.02 Å². The van der Waals surface area contributed by atoms with Gasteiger partial charge in [0, 0.05) is 17.5 Å². The number of halogens is 1. The third-order valence-corrected chi connectivity index (χ3v) is 2.31. The minimum Gasteiger partial charge on any atom is -0.259 e. The van der Waals surface area contributed by atoms with Crippen LogP contribution in [0, 0.1) is 16.0 Å². The van der Waals surface area contributed by atoms with E-state index in [1.165, 1.54) is 0 Å². The highest BCUT2D eigenvalue weighted by atomic mass is 35.5. The van der Waals surface area contributed by atoms with E-state index < -0.39 is 0 Å². The Morgan fingerprint density at radius 1 is 1.44 bits per heavy atom. The van der Waals surface area contributed by atoms with Gasteiger partial charge in [0.05, 0.1) is 4.92 Å². The lowest BCUT2D eigenvalue weighted by Gasteiger charge is -2.02. The molecule has 0 saturated carbocycles. The average molecular weight is 240 g/mol. The van der Waals surface area contributed by atoms with Crippen LogP contribution < -0.4 is 0 Å². The van der Waals surface area contributed by atoms with Crippen LogP contribution in [-0.2, 0) is 0 Å². The maximum atomic E-state index is 10.8. The zero-order valence-electron chi connectivity index (χ0n) is 9.31. The number of rotatable bonds is 4. The maximum absolute atomic E-state index is 10.8. The second-order valence-corrected chi connectivity index (χ2v) is 4.48. The van der Waals surface area contributed by atoms with Crippen LogP contribution in [0.4, 0.5) is 0 Å². The molecule has 16 heavy (non-hydrogen) atoms. The number of hydrogen-bond donors (Lipinski definition) is 0. The summed E-state index contributed by atoms with van der Waals surface area (Å²) in [6.07, 6.45) is 2.06. The first kappa shape index (κ1) is 12.7. The molecule has 3 nitrogen and oxygen atoms in total. The van der Waals surface area contributed by atoms with Gasteiger partial charge >= 0.3 is 0 Å². The first-order valence-corrected chi connectivity index (χ1v) is 5.47. The van der Waals surface area contributed by atoms with Gasteiger partial charge in [0.2, 0.25) is 5.70 Å². The topological polar surface area (TPSA) is 43.1 Å².